The van der Waals surface area contributed by atoms with Gasteiger partial charge in [0, 0.05) is 33.6 Å². The van der Waals surface area contributed by atoms with Crippen molar-refractivity contribution >= 4 is 27.3 Å². The summed E-state index contributed by atoms with van der Waals surface area (Å²) < 4.78 is 14.6. The van der Waals surface area contributed by atoms with Gasteiger partial charge in [-0.25, -0.2) is 4.39 Å². The van der Waals surface area contributed by atoms with Gasteiger partial charge in [0.2, 0.25) is 0 Å². The van der Waals surface area contributed by atoms with E-state index < -0.39 is 0 Å². The van der Waals surface area contributed by atoms with E-state index in [4.69, 9.17) is 0 Å². The van der Waals surface area contributed by atoms with Crippen molar-refractivity contribution in [1.82, 2.24) is 10.3 Å². The van der Waals surface area contributed by atoms with E-state index in [9.17, 15) is 4.39 Å². The van der Waals surface area contributed by atoms with Gasteiger partial charge in [0.05, 0.1) is 5.51 Å². The first kappa shape index (κ1) is 12.7. The molecule has 1 heterocycles. The number of aromatic nitrogens is 1. The minimum absolute atomic E-state index is 0.0343. The summed E-state index contributed by atoms with van der Waals surface area (Å²) in [5, 5.41) is 3.14. The Morgan fingerprint density at radius 2 is 2.35 bits per heavy atom. The third kappa shape index (κ3) is 3.12. The van der Waals surface area contributed by atoms with Crippen molar-refractivity contribution < 1.29 is 4.39 Å². The molecule has 0 spiro atoms. The zero-order valence-corrected chi connectivity index (χ0v) is 11.7. The van der Waals surface area contributed by atoms with Crippen molar-refractivity contribution in [2.24, 2.45) is 0 Å². The molecule has 1 aromatic heterocycles. The van der Waals surface area contributed by atoms with Gasteiger partial charge in [-0.2, -0.15) is 0 Å². The van der Waals surface area contributed by atoms with Crippen LogP contribution in [0.5, 0.6) is 0 Å². The van der Waals surface area contributed by atoms with Gasteiger partial charge in [0.25, 0.3) is 0 Å². The summed E-state index contributed by atoms with van der Waals surface area (Å²) in [7, 11) is 1.84. The first-order valence-electron chi connectivity index (χ1n) is 5.20. The fourth-order valence-electron chi connectivity index (χ4n) is 1.69. The van der Waals surface area contributed by atoms with E-state index in [2.05, 4.69) is 26.2 Å². The molecule has 0 saturated carbocycles. The standard InChI is InChI=1S/C12H12BrFN2S/c1-15-12(5-9-6-16-7-17-9)10-4-8(13)2-3-11(10)14/h2-4,6-7,12,15H,5H2,1H3. The molecule has 5 heteroatoms. The number of hydrogen-bond acceptors (Lipinski definition) is 3. The van der Waals surface area contributed by atoms with Crippen LogP contribution in [0, 0.1) is 5.82 Å². The highest BCUT2D eigenvalue weighted by Gasteiger charge is 2.15. The molecule has 2 nitrogen and oxygen atoms in total. The molecule has 0 radical (unpaired) electrons. The maximum Gasteiger partial charge on any atom is 0.128 e. The highest BCUT2D eigenvalue weighted by molar-refractivity contribution is 9.10. The van der Waals surface area contributed by atoms with Crippen molar-refractivity contribution in [2.75, 3.05) is 7.05 Å². The zero-order chi connectivity index (χ0) is 12.3. The molecule has 17 heavy (non-hydrogen) atoms. The highest BCUT2D eigenvalue weighted by Crippen LogP contribution is 2.25. The van der Waals surface area contributed by atoms with Gasteiger partial charge in [-0.3, -0.25) is 4.98 Å². The Morgan fingerprint density at radius 3 is 3.00 bits per heavy atom. The van der Waals surface area contributed by atoms with Gasteiger partial charge in [-0.15, -0.1) is 11.3 Å². The van der Waals surface area contributed by atoms with Crippen LogP contribution >= 0.6 is 27.3 Å². The number of hydrogen-bond donors (Lipinski definition) is 1. The zero-order valence-electron chi connectivity index (χ0n) is 9.28. The van der Waals surface area contributed by atoms with Gasteiger partial charge in [-0.05, 0) is 25.2 Å². The number of likely N-dealkylation sites (N-methyl/N-ethyl adjacent to an activating group) is 1. The summed E-state index contributed by atoms with van der Waals surface area (Å²) in [5.74, 6) is -0.183. The van der Waals surface area contributed by atoms with Gasteiger partial charge >= 0.3 is 0 Å². The number of thiazole rings is 1. The minimum atomic E-state index is -0.183. The van der Waals surface area contributed by atoms with Crippen molar-refractivity contribution in [2.45, 2.75) is 12.5 Å². The third-order valence-corrected chi connectivity index (χ3v) is 3.87. The molecule has 0 amide bonds. The Bertz CT molecular complexity index is 487. The molecule has 1 unspecified atom stereocenters. The lowest BCUT2D eigenvalue weighted by atomic mass is 10.0. The Kier molecular flexibility index (Phi) is 4.25. The fraction of sp³-hybridized carbons (Fsp3) is 0.250. The predicted octanol–water partition coefficient (Wildman–Crippen LogP) is 3.55. The molecule has 2 rings (SSSR count). The number of benzene rings is 1. The van der Waals surface area contributed by atoms with Crippen LogP contribution in [0.15, 0.2) is 34.4 Å². The summed E-state index contributed by atoms with van der Waals surface area (Å²) in [6, 6.07) is 4.97. The lowest BCUT2D eigenvalue weighted by Gasteiger charge is -2.16. The number of rotatable bonds is 4. The Labute approximate surface area is 112 Å². The second kappa shape index (κ2) is 5.71. The molecular weight excluding hydrogens is 303 g/mol. The molecule has 0 aliphatic carbocycles. The van der Waals surface area contributed by atoms with Crippen LogP contribution in [0.4, 0.5) is 4.39 Å². The van der Waals surface area contributed by atoms with Crippen molar-refractivity contribution in [1.29, 1.82) is 0 Å². The van der Waals surface area contributed by atoms with E-state index in [1.54, 1.807) is 22.9 Å². The lowest BCUT2D eigenvalue weighted by Crippen LogP contribution is -2.19. The monoisotopic (exact) mass is 314 g/mol. The van der Waals surface area contributed by atoms with Gasteiger partial charge in [0.15, 0.2) is 0 Å². The molecule has 1 atom stereocenters. The van der Waals surface area contributed by atoms with Crippen LogP contribution in [0.3, 0.4) is 0 Å². The quantitative estimate of drug-likeness (QED) is 0.933. The van der Waals surface area contributed by atoms with Gasteiger partial charge in [0.1, 0.15) is 5.82 Å². The van der Waals surface area contributed by atoms with Crippen LogP contribution in [-0.4, -0.2) is 12.0 Å². The second-order valence-electron chi connectivity index (χ2n) is 3.68. The average Bonchev–Trinajstić information content (AvgIpc) is 2.82. The van der Waals surface area contributed by atoms with Crippen molar-refractivity contribution in [3.05, 3.63) is 50.6 Å². The molecular formula is C12H12BrFN2S. The van der Waals surface area contributed by atoms with E-state index in [1.807, 2.05) is 19.3 Å². The normalized spacial score (nSPS) is 12.6. The van der Waals surface area contributed by atoms with Crippen molar-refractivity contribution in [3.63, 3.8) is 0 Å². The summed E-state index contributed by atoms with van der Waals surface area (Å²) in [6.45, 7) is 0. The summed E-state index contributed by atoms with van der Waals surface area (Å²) in [5.41, 5.74) is 2.47. The van der Waals surface area contributed by atoms with E-state index in [0.717, 1.165) is 15.8 Å². The maximum absolute atomic E-state index is 13.8. The highest BCUT2D eigenvalue weighted by atomic mass is 79.9. The van der Waals surface area contributed by atoms with Crippen molar-refractivity contribution in [3.8, 4) is 0 Å². The van der Waals surface area contributed by atoms with Crippen LogP contribution < -0.4 is 5.32 Å². The fourth-order valence-corrected chi connectivity index (χ4v) is 2.71. The molecule has 1 N–H and O–H groups in total. The number of nitrogens with one attached hydrogen (secondary N) is 1. The van der Waals surface area contributed by atoms with Crippen LogP contribution in [0.25, 0.3) is 0 Å². The Hall–Kier alpha value is -0.780. The topological polar surface area (TPSA) is 24.9 Å². The Morgan fingerprint density at radius 1 is 1.53 bits per heavy atom. The van der Waals surface area contributed by atoms with Crippen LogP contribution in [-0.2, 0) is 6.42 Å². The van der Waals surface area contributed by atoms with Crippen LogP contribution in [0.2, 0.25) is 0 Å². The summed E-state index contributed by atoms with van der Waals surface area (Å²) in [6.07, 6.45) is 2.57. The molecule has 1 aromatic carbocycles. The van der Waals surface area contributed by atoms with E-state index in [1.165, 1.54) is 6.07 Å². The molecule has 0 fully saturated rings. The maximum atomic E-state index is 13.8. The smallest absolute Gasteiger partial charge is 0.128 e. The molecule has 0 aliphatic heterocycles. The first-order chi connectivity index (χ1) is 8.20. The van der Waals surface area contributed by atoms with E-state index >= 15 is 0 Å². The Balaban J connectivity index is 2.25. The van der Waals surface area contributed by atoms with Crippen LogP contribution in [0.1, 0.15) is 16.5 Å². The first-order valence-corrected chi connectivity index (χ1v) is 6.87. The van der Waals surface area contributed by atoms with Gasteiger partial charge < -0.3 is 5.32 Å². The summed E-state index contributed by atoms with van der Waals surface area (Å²) in [4.78, 5) is 5.17. The molecule has 0 aliphatic rings. The third-order valence-electron chi connectivity index (χ3n) is 2.57. The lowest BCUT2D eigenvalue weighted by molar-refractivity contribution is 0.535. The molecule has 0 saturated heterocycles. The predicted molar refractivity (Wildman–Crippen MR) is 71.7 cm³/mol. The second-order valence-corrected chi connectivity index (χ2v) is 5.57. The number of halogens is 2. The molecule has 2 aromatic rings. The summed E-state index contributed by atoms with van der Waals surface area (Å²) >= 11 is 4.95. The number of nitrogens with zero attached hydrogens (tertiary/aromatic N) is 1. The molecule has 0 bridgehead atoms. The van der Waals surface area contributed by atoms with E-state index in [-0.39, 0.29) is 11.9 Å². The van der Waals surface area contributed by atoms with Gasteiger partial charge in [-0.1, -0.05) is 15.9 Å². The molecule has 90 valence electrons. The minimum Gasteiger partial charge on any atom is -0.313 e. The largest absolute Gasteiger partial charge is 0.313 e. The SMILES string of the molecule is CNC(Cc1cncs1)c1cc(Br)ccc1F. The average molecular weight is 315 g/mol. The van der Waals surface area contributed by atoms with E-state index in [0.29, 0.717) is 5.56 Å².